The third kappa shape index (κ3) is 4.64. The molecule has 0 saturated heterocycles. The smallest absolute Gasteiger partial charge is 0.267 e. The molecular formula is C29H29N3O4. The number of anilines is 1. The highest BCUT2D eigenvalue weighted by atomic mass is 16.5. The van der Waals surface area contributed by atoms with Gasteiger partial charge in [0.2, 0.25) is 5.91 Å². The van der Waals surface area contributed by atoms with Crippen molar-refractivity contribution >= 4 is 28.4 Å². The molecule has 0 unspecified atom stereocenters. The maximum atomic E-state index is 12.9. The first-order valence-electron chi connectivity index (χ1n) is 12.1. The number of hydrogen-bond acceptors (Lipinski definition) is 4. The molecule has 3 aromatic carbocycles. The van der Waals surface area contributed by atoms with Gasteiger partial charge in [0.25, 0.3) is 5.91 Å². The highest BCUT2D eigenvalue weighted by molar-refractivity contribution is 6.00. The number of aromatic nitrogens is 1. The van der Waals surface area contributed by atoms with Crippen molar-refractivity contribution in [3.05, 3.63) is 90.1 Å². The molecule has 0 spiro atoms. The summed E-state index contributed by atoms with van der Waals surface area (Å²) in [6.07, 6.45) is 1.62. The van der Waals surface area contributed by atoms with E-state index in [1.165, 1.54) is 0 Å². The van der Waals surface area contributed by atoms with Gasteiger partial charge in [-0.05, 0) is 48.4 Å². The molecule has 5 rings (SSSR count). The standard InChI is InChI=1S/C29H29N3O4/c1-19-29(34)32(26-9-5-6-10-27(26)36-19)16-15-28(33)31-17-23(20-11-13-21(35-2)14-12-20)24-18-30-25-8-4-3-7-22(24)25/h3-14,18-19,23,30H,15-17H2,1-2H3,(H,31,33)/t19-,23+/m0/s1. The van der Waals surface area contributed by atoms with Gasteiger partial charge in [-0.25, -0.2) is 0 Å². The largest absolute Gasteiger partial charge is 0.497 e. The minimum absolute atomic E-state index is 0.0539. The molecule has 1 aliphatic heterocycles. The van der Waals surface area contributed by atoms with Gasteiger partial charge < -0.3 is 24.7 Å². The normalized spacial score (nSPS) is 15.8. The van der Waals surface area contributed by atoms with E-state index in [1.807, 2.05) is 72.9 Å². The number of benzene rings is 3. The van der Waals surface area contributed by atoms with E-state index in [1.54, 1.807) is 18.9 Å². The number of para-hydroxylation sites is 3. The predicted molar refractivity (Wildman–Crippen MR) is 140 cm³/mol. The molecule has 1 aromatic heterocycles. The average Bonchev–Trinajstić information content (AvgIpc) is 3.33. The van der Waals surface area contributed by atoms with Crippen LogP contribution in [-0.4, -0.2) is 43.1 Å². The Kier molecular flexibility index (Phi) is 6.62. The minimum atomic E-state index is -0.579. The van der Waals surface area contributed by atoms with Gasteiger partial charge in [0, 0.05) is 42.5 Å². The molecule has 2 amide bonds. The Morgan fingerprint density at radius 3 is 2.64 bits per heavy atom. The summed E-state index contributed by atoms with van der Waals surface area (Å²) in [6, 6.07) is 23.5. The summed E-state index contributed by atoms with van der Waals surface area (Å²) >= 11 is 0. The average molecular weight is 484 g/mol. The van der Waals surface area contributed by atoms with Gasteiger partial charge in [0.1, 0.15) is 11.5 Å². The second-order valence-corrected chi connectivity index (χ2v) is 8.89. The molecule has 2 atom stereocenters. The van der Waals surface area contributed by atoms with Crippen molar-refractivity contribution in [2.24, 2.45) is 0 Å². The van der Waals surface area contributed by atoms with Crippen LogP contribution in [0.5, 0.6) is 11.5 Å². The maximum absolute atomic E-state index is 12.9. The van der Waals surface area contributed by atoms with Crippen LogP contribution in [0.1, 0.15) is 30.4 Å². The number of carbonyl (C=O) groups excluding carboxylic acids is 2. The van der Waals surface area contributed by atoms with Crippen LogP contribution in [-0.2, 0) is 9.59 Å². The molecular weight excluding hydrogens is 454 g/mol. The Balaban J connectivity index is 1.31. The van der Waals surface area contributed by atoms with E-state index in [0.29, 0.717) is 18.0 Å². The number of ether oxygens (including phenoxy) is 2. The second kappa shape index (κ2) is 10.2. The summed E-state index contributed by atoms with van der Waals surface area (Å²) in [5.41, 5.74) is 3.94. The lowest BCUT2D eigenvalue weighted by atomic mass is 9.90. The summed E-state index contributed by atoms with van der Waals surface area (Å²) in [5.74, 6) is 1.13. The lowest BCUT2D eigenvalue weighted by Gasteiger charge is -2.32. The summed E-state index contributed by atoms with van der Waals surface area (Å²) in [4.78, 5) is 30.7. The zero-order chi connectivity index (χ0) is 25.1. The van der Waals surface area contributed by atoms with E-state index < -0.39 is 6.10 Å². The predicted octanol–water partition coefficient (Wildman–Crippen LogP) is 4.63. The number of fused-ring (bicyclic) bond motifs is 2. The Morgan fingerprint density at radius 2 is 1.83 bits per heavy atom. The molecule has 0 radical (unpaired) electrons. The lowest BCUT2D eigenvalue weighted by molar-refractivity contribution is -0.125. The van der Waals surface area contributed by atoms with E-state index in [0.717, 1.165) is 27.8 Å². The second-order valence-electron chi connectivity index (χ2n) is 8.89. The topological polar surface area (TPSA) is 83.7 Å². The van der Waals surface area contributed by atoms with Gasteiger partial charge >= 0.3 is 0 Å². The van der Waals surface area contributed by atoms with Crippen molar-refractivity contribution in [2.45, 2.75) is 25.4 Å². The third-order valence-electron chi connectivity index (χ3n) is 6.65. The zero-order valence-electron chi connectivity index (χ0n) is 20.4. The number of amides is 2. The summed E-state index contributed by atoms with van der Waals surface area (Å²) in [5, 5.41) is 4.22. The van der Waals surface area contributed by atoms with Crippen LogP contribution >= 0.6 is 0 Å². The Hall–Kier alpha value is -4.26. The highest BCUT2D eigenvalue weighted by Crippen LogP contribution is 2.34. The lowest BCUT2D eigenvalue weighted by Crippen LogP contribution is -2.46. The van der Waals surface area contributed by atoms with E-state index in [4.69, 9.17) is 9.47 Å². The highest BCUT2D eigenvalue weighted by Gasteiger charge is 2.31. The van der Waals surface area contributed by atoms with Gasteiger partial charge in [0.15, 0.2) is 6.10 Å². The van der Waals surface area contributed by atoms with Crippen LogP contribution in [0.15, 0.2) is 79.0 Å². The van der Waals surface area contributed by atoms with Crippen molar-refractivity contribution in [1.29, 1.82) is 0 Å². The minimum Gasteiger partial charge on any atom is -0.497 e. The fourth-order valence-electron chi connectivity index (χ4n) is 4.73. The third-order valence-corrected chi connectivity index (χ3v) is 6.65. The van der Waals surface area contributed by atoms with E-state index in [-0.39, 0.29) is 30.7 Å². The number of carbonyl (C=O) groups is 2. The van der Waals surface area contributed by atoms with Crippen LogP contribution in [0.25, 0.3) is 10.9 Å². The fourth-order valence-corrected chi connectivity index (χ4v) is 4.73. The monoisotopic (exact) mass is 483 g/mol. The van der Waals surface area contributed by atoms with Crippen molar-refractivity contribution in [3.63, 3.8) is 0 Å². The van der Waals surface area contributed by atoms with E-state index in [9.17, 15) is 9.59 Å². The van der Waals surface area contributed by atoms with Crippen molar-refractivity contribution in [1.82, 2.24) is 10.3 Å². The van der Waals surface area contributed by atoms with Crippen LogP contribution in [0.2, 0.25) is 0 Å². The number of rotatable bonds is 8. The molecule has 2 N–H and O–H groups in total. The molecule has 7 nitrogen and oxygen atoms in total. The van der Waals surface area contributed by atoms with Gasteiger partial charge in [-0.15, -0.1) is 0 Å². The van der Waals surface area contributed by atoms with Crippen LogP contribution < -0.4 is 19.7 Å². The molecule has 2 heterocycles. The van der Waals surface area contributed by atoms with Crippen LogP contribution in [0.4, 0.5) is 5.69 Å². The van der Waals surface area contributed by atoms with E-state index >= 15 is 0 Å². The summed E-state index contributed by atoms with van der Waals surface area (Å²) in [6.45, 7) is 2.44. The van der Waals surface area contributed by atoms with Crippen molar-refractivity contribution < 1.29 is 19.1 Å². The summed E-state index contributed by atoms with van der Waals surface area (Å²) < 4.78 is 11.0. The number of hydrogen-bond donors (Lipinski definition) is 2. The van der Waals surface area contributed by atoms with E-state index in [2.05, 4.69) is 16.4 Å². The quantitative estimate of drug-likeness (QED) is 0.383. The maximum Gasteiger partial charge on any atom is 0.267 e. The summed E-state index contributed by atoms with van der Waals surface area (Å²) in [7, 11) is 1.64. The Morgan fingerprint density at radius 1 is 1.08 bits per heavy atom. The molecule has 0 bridgehead atoms. The Bertz CT molecular complexity index is 1380. The first-order valence-corrected chi connectivity index (χ1v) is 12.1. The van der Waals surface area contributed by atoms with Crippen molar-refractivity contribution in [3.8, 4) is 11.5 Å². The number of nitrogens with zero attached hydrogens (tertiary/aromatic N) is 1. The van der Waals surface area contributed by atoms with Gasteiger partial charge in [-0.2, -0.15) is 0 Å². The van der Waals surface area contributed by atoms with Crippen LogP contribution in [0.3, 0.4) is 0 Å². The zero-order valence-corrected chi connectivity index (χ0v) is 20.4. The van der Waals surface area contributed by atoms with Gasteiger partial charge in [0.05, 0.1) is 12.8 Å². The van der Waals surface area contributed by atoms with Gasteiger partial charge in [-0.3, -0.25) is 9.59 Å². The molecule has 0 saturated carbocycles. The van der Waals surface area contributed by atoms with Gasteiger partial charge in [-0.1, -0.05) is 42.5 Å². The molecule has 7 heteroatoms. The molecule has 0 aliphatic carbocycles. The first-order chi connectivity index (χ1) is 17.5. The number of H-pyrrole nitrogens is 1. The molecule has 36 heavy (non-hydrogen) atoms. The SMILES string of the molecule is COc1ccc([C@@H](CNC(=O)CCN2C(=O)[C@H](C)Oc3ccccc32)c2c[nH]c3ccccc23)cc1. The van der Waals surface area contributed by atoms with Crippen molar-refractivity contribution in [2.75, 3.05) is 25.1 Å². The van der Waals surface area contributed by atoms with Crippen LogP contribution in [0, 0.1) is 0 Å². The molecule has 1 aliphatic rings. The number of methoxy groups -OCH3 is 1. The first kappa shape index (κ1) is 23.5. The molecule has 0 fully saturated rings. The molecule has 184 valence electrons. The number of nitrogens with one attached hydrogen (secondary N) is 2. The number of aromatic amines is 1. The Labute approximate surface area is 210 Å². The fraction of sp³-hybridized carbons (Fsp3) is 0.241. The molecule has 4 aromatic rings.